The van der Waals surface area contributed by atoms with Crippen LogP contribution in [-0.2, 0) is 11.2 Å². The zero-order chi connectivity index (χ0) is 20.6. The second-order valence-electron chi connectivity index (χ2n) is 6.05. The fourth-order valence-corrected chi connectivity index (χ4v) is 3.21. The van der Waals surface area contributed by atoms with Crippen LogP contribution in [-0.4, -0.2) is 28.4 Å². The quantitative estimate of drug-likeness (QED) is 0.526. The Morgan fingerprint density at radius 2 is 1.93 bits per heavy atom. The van der Waals surface area contributed by atoms with E-state index in [9.17, 15) is 14.4 Å². The molecule has 3 aromatic rings. The molecule has 3 N–H and O–H groups in total. The van der Waals surface area contributed by atoms with Crippen LogP contribution in [0.3, 0.4) is 0 Å². The molecule has 3 rings (SSSR count). The lowest BCUT2D eigenvalue weighted by molar-refractivity contribution is -0.116. The highest BCUT2D eigenvalue weighted by molar-refractivity contribution is 7.14. The van der Waals surface area contributed by atoms with Crippen LogP contribution in [0.5, 0.6) is 5.75 Å². The van der Waals surface area contributed by atoms with Crippen molar-refractivity contribution < 1.29 is 14.3 Å². The third-order valence-electron chi connectivity index (χ3n) is 3.88. The Labute approximate surface area is 171 Å². The van der Waals surface area contributed by atoms with Crippen molar-refractivity contribution in [3.63, 3.8) is 0 Å². The van der Waals surface area contributed by atoms with Gasteiger partial charge in [-0.3, -0.25) is 19.7 Å². The van der Waals surface area contributed by atoms with E-state index in [2.05, 4.69) is 20.6 Å². The molecule has 29 heavy (non-hydrogen) atoms. The Hall–Kier alpha value is -3.46. The number of pyridine rings is 1. The van der Waals surface area contributed by atoms with Crippen molar-refractivity contribution in [3.05, 3.63) is 69.6 Å². The average Bonchev–Trinajstić information content (AvgIpc) is 3.16. The van der Waals surface area contributed by atoms with Gasteiger partial charge in [0.05, 0.1) is 17.9 Å². The first kappa shape index (κ1) is 20.3. The number of nitrogens with one attached hydrogen (secondary N) is 3. The van der Waals surface area contributed by atoms with Gasteiger partial charge >= 0.3 is 0 Å². The summed E-state index contributed by atoms with van der Waals surface area (Å²) in [7, 11) is 0. The van der Waals surface area contributed by atoms with Gasteiger partial charge in [0.1, 0.15) is 5.75 Å². The maximum absolute atomic E-state index is 12.1. The lowest BCUT2D eigenvalue weighted by Gasteiger charge is -2.06. The SMILES string of the molecule is CCOc1ccc(NC(=O)CCc2csc(NC(=O)c3ccc(=O)[nH]c3)n2)cc1. The van der Waals surface area contributed by atoms with E-state index in [-0.39, 0.29) is 23.8 Å². The molecule has 0 saturated carbocycles. The van der Waals surface area contributed by atoms with Crippen LogP contribution >= 0.6 is 11.3 Å². The maximum Gasteiger partial charge on any atom is 0.258 e. The lowest BCUT2D eigenvalue weighted by atomic mass is 10.2. The second-order valence-corrected chi connectivity index (χ2v) is 6.90. The van der Waals surface area contributed by atoms with Gasteiger partial charge in [0.15, 0.2) is 5.13 Å². The minimum absolute atomic E-state index is 0.124. The van der Waals surface area contributed by atoms with Gasteiger partial charge in [-0.2, -0.15) is 0 Å². The van der Waals surface area contributed by atoms with Crippen LogP contribution in [0, 0.1) is 0 Å². The predicted octanol–water partition coefficient (Wildman–Crippen LogP) is 3.05. The number of hydrogen-bond donors (Lipinski definition) is 3. The van der Waals surface area contributed by atoms with Crippen LogP contribution in [0.25, 0.3) is 0 Å². The van der Waals surface area contributed by atoms with Crippen LogP contribution in [0.2, 0.25) is 0 Å². The molecule has 0 radical (unpaired) electrons. The van der Waals surface area contributed by atoms with E-state index in [0.29, 0.717) is 35.1 Å². The molecule has 1 aromatic carbocycles. The third-order valence-corrected chi connectivity index (χ3v) is 4.68. The van der Waals surface area contributed by atoms with Gasteiger partial charge in [0.25, 0.3) is 5.91 Å². The highest BCUT2D eigenvalue weighted by Gasteiger charge is 2.10. The van der Waals surface area contributed by atoms with E-state index in [0.717, 1.165) is 5.75 Å². The van der Waals surface area contributed by atoms with E-state index in [1.807, 2.05) is 6.92 Å². The molecule has 2 heterocycles. The summed E-state index contributed by atoms with van der Waals surface area (Å²) in [4.78, 5) is 42.1. The summed E-state index contributed by atoms with van der Waals surface area (Å²) in [5.74, 6) is 0.265. The molecule has 0 unspecified atom stereocenters. The number of aromatic amines is 1. The van der Waals surface area contributed by atoms with Gasteiger partial charge < -0.3 is 15.0 Å². The summed E-state index contributed by atoms with van der Waals surface area (Å²) < 4.78 is 5.37. The van der Waals surface area contributed by atoms with Crippen molar-refractivity contribution in [1.82, 2.24) is 9.97 Å². The molecule has 0 spiro atoms. The lowest BCUT2D eigenvalue weighted by Crippen LogP contribution is -2.14. The molecule has 0 aliphatic carbocycles. The highest BCUT2D eigenvalue weighted by atomic mass is 32.1. The third kappa shape index (κ3) is 6.01. The first-order valence-electron chi connectivity index (χ1n) is 9.00. The van der Waals surface area contributed by atoms with Crippen LogP contribution < -0.4 is 20.9 Å². The molecule has 9 heteroatoms. The molecule has 0 aliphatic rings. The van der Waals surface area contributed by atoms with Crippen molar-refractivity contribution in [3.8, 4) is 5.75 Å². The number of rotatable bonds is 8. The average molecular weight is 412 g/mol. The molecule has 150 valence electrons. The van der Waals surface area contributed by atoms with Crippen molar-refractivity contribution in [2.75, 3.05) is 17.2 Å². The molecule has 8 nitrogen and oxygen atoms in total. The number of thiazole rings is 1. The van der Waals surface area contributed by atoms with Gasteiger partial charge in [-0.1, -0.05) is 0 Å². The summed E-state index contributed by atoms with van der Waals surface area (Å²) in [6.45, 7) is 2.50. The monoisotopic (exact) mass is 412 g/mol. The zero-order valence-electron chi connectivity index (χ0n) is 15.7. The van der Waals surface area contributed by atoms with Crippen molar-refractivity contribution in [2.24, 2.45) is 0 Å². The molecule has 0 saturated heterocycles. The fourth-order valence-electron chi connectivity index (χ4n) is 2.47. The Bertz CT molecular complexity index is 1020. The van der Waals surface area contributed by atoms with Gasteiger partial charge in [-0.25, -0.2) is 4.98 Å². The van der Waals surface area contributed by atoms with Crippen LogP contribution in [0.15, 0.2) is 52.8 Å². The molecule has 2 aromatic heterocycles. The number of aromatic nitrogens is 2. The first-order chi connectivity index (χ1) is 14.0. The summed E-state index contributed by atoms with van der Waals surface area (Å²) in [6, 6.07) is 9.90. The number of hydrogen-bond acceptors (Lipinski definition) is 6. The fraction of sp³-hybridized carbons (Fsp3) is 0.200. The number of anilines is 2. The minimum Gasteiger partial charge on any atom is -0.494 e. The van der Waals surface area contributed by atoms with Crippen LogP contribution in [0.1, 0.15) is 29.4 Å². The Morgan fingerprint density at radius 3 is 2.62 bits per heavy atom. The van der Waals surface area contributed by atoms with Gasteiger partial charge in [0.2, 0.25) is 11.5 Å². The largest absolute Gasteiger partial charge is 0.494 e. The van der Waals surface area contributed by atoms with Crippen LogP contribution in [0.4, 0.5) is 10.8 Å². The van der Waals surface area contributed by atoms with Crippen molar-refractivity contribution in [1.29, 1.82) is 0 Å². The van der Waals surface area contributed by atoms with Gasteiger partial charge in [-0.15, -0.1) is 11.3 Å². The highest BCUT2D eigenvalue weighted by Crippen LogP contribution is 2.19. The smallest absolute Gasteiger partial charge is 0.258 e. The number of carbonyl (C=O) groups excluding carboxylic acids is 2. The second kappa shape index (κ2) is 9.65. The summed E-state index contributed by atoms with van der Waals surface area (Å²) in [5, 5.41) is 7.74. The van der Waals surface area contributed by atoms with E-state index in [1.54, 1.807) is 29.6 Å². The Morgan fingerprint density at radius 1 is 1.14 bits per heavy atom. The number of ether oxygens (including phenoxy) is 1. The number of amides is 2. The molecule has 0 aliphatic heterocycles. The topological polar surface area (TPSA) is 113 Å². The minimum atomic E-state index is -0.365. The maximum atomic E-state index is 12.1. The first-order valence-corrected chi connectivity index (χ1v) is 9.88. The summed E-state index contributed by atoms with van der Waals surface area (Å²) >= 11 is 1.28. The van der Waals surface area contributed by atoms with E-state index in [4.69, 9.17) is 4.74 Å². The Balaban J connectivity index is 1.48. The van der Waals surface area contributed by atoms with E-state index >= 15 is 0 Å². The number of benzene rings is 1. The zero-order valence-corrected chi connectivity index (χ0v) is 16.5. The van der Waals surface area contributed by atoms with Gasteiger partial charge in [-0.05, 0) is 43.7 Å². The standard InChI is InChI=1S/C20H20N4O4S/c1-2-28-16-7-4-14(5-8-16)22-18(26)10-6-15-12-29-20(23-15)24-19(27)13-3-9-17(25)21-11-13/h3-5,7-9,11-12H,2,6,10H2,1H3,(H,21,25)(H,22,26)(H,23,24,27). The molecule has 0 bridgehead atoms. The van der Waals surface area contributed by atoms with Crippen molar-refractivity contribution in [2.45, 2.75) is 19.8 Å². The van der Waals surface area contributed by atoms with E-state index < -0.39 is 0 Å². The molecular weight excluding hydrogens is 392 g/mol. The predicted molar refractivity (Wildman–Crippen MR) is 112 cm³/mol. The molecule has 0 fully saturated rings. The molecular formula is C20H20N4O4S. The summed E-state index contributed by atoms with van der Waals surface area (Å²) in [6.07, 6.45) is 2.07. The number of aryl methyl sites for hydroxylation is 1. The summed E-state index contributed by atoms with van der Waals surface area (Å²) in [5.41, 5.74) is 1.47. The number of carbonyl (C=O) groups is 2. The number of H-pyrrole nitrogens is 1. The normalized spacial score (nSPS) is 10.4. The Kier molecular flexibility index (Phi) is 6.75. The number of nitrogens with zero attached hydrogens (tertiary/aromatic N) is 1. The van der Waals surface area contributed by atoms with Gasteiger partial charge in [0, 0.05) is 29.8 Å². The molecule has 0 atom stereocenters. The molecule has 2 amide bonds. The van der Waals surface area contributed by atoms with Crippen molar-refractivity contribution >= 4 is 34.0 Å². The van der Waals surface area contributed by atoms with E-state index in [1.165, 1.54) is 29.7 Å².